The topological polar surface area (TPSA) is 62.5 Å². The van der Waals surface area contributed by atoms with Gasteiger partial charge in [0.05, 0.1) is 12.2 Å². The van der Waals surface area contributed by atoms with Crippen molar-refractivity contribution in [3.8, 4) is 0 Å². The number of pyridine rings is 1. The van der Waals surface area contributed by atoms with E-state index in [-0.39, 0.29) is 5.91 Å². The highest BCUT2D eigenvalue weighted by Gasteiger charge is 2.32. The van der Waals surface area contributed by atoms with E-state index in [0.29, 0.717) is 12.6 Å². The molecule has 0 aromatic carbocycles. The number of aromatic nitrogens is 1. The normalized spacial score (nSPS) is 24.6. The summed E-state index contributed by atoms with van der Waals surface area (Å²) in [5.41, 5.74) is 6.48. The number of nitrogens with two attached hydrogens (primary N) is 1. The number of carbonyl (C=O) groups is 1. The van der Waals surface area contributed by atoms with E-state index in [2.05, 4.69) is 26.9 Å². The zero-order valence-electron chi connectivity index (χ0n) is 13.9. The number of amides is 1. The minimum atomic E-state index is -0.210. The molecule has 5 heteroatoms. The number of nitrogens with zero attached hydrogens (tertiary/aromatic N) is 3. The standard InChI is InChI=1S/C18H28N4O/c19-18(23)14-21-11-7-15(8-12-21)17-6-2-4-10-22(17)13-16-5-1-3-9-20-16/h1,3,5,9,15,17H,2,4,6-8,10-14H2,(H2,19,23). The van der Waals surface area contributed by atoms with Crippen molar-refractivity contribution in [1.82, 2.24) is 14.8 Å². The van der Waals surface area contributed by atoms with Gasteiger partial charge in [-0.25, -0.2) is 0 Å². The molecule has 0 bridgehead atoms. The molecule has 3 heterocycles. The largest absolute Gasteiger partial charge is 0.369 e. The van der Waals surface area contributed by atoms with Crippen molar-refractivity contribution in [2.75, 3.05) is 26.2 Å². The molecule has 2 aliphatic heterocycles. The number of piperidine rings is 2. The molecule has 5 nitrogen and oxygen atoms in total. The van der Waals surface area contributed by atoms with Gasteiger partial charge in [-0.15, -0.1) is 0 Å². The van der Waals surface area contributed by atoms with Crippen molar-refractivity contribution in [2.24, 2.45) is 11.7 Å². The van der Waals surface area contributed by atoms with Gasteiger partial charge in [0.2, 0.25) is 5.91 Å². The summed E-state index contributed by atoms with van der Waals surface area (Å²) in [6.45, 7) is 4.56. The second-order valence-electron chi connectivity index (χ2n) is 6.93. The van der Waals surface area contributed by atoms with Crippen molar-refractivity contribution in [3.63, 3.8) is 0 Å². The number of hydrogen-bond donors (Lipinski definition) is 1. The molecule has 1 aromatic rings. The fourth-order valence-electron chi connectivity index (χ4n) is 4.16. The summed E-state index contributed by atoms with van der Waals surface area (Å²) in [5, 5.41) is 0. The highest BCUT2D eigenvalue weighted by Crippen LogP contribution is 2.31. The van der Waals surface area contributed by atoms with Crippen LogP contribution in [0.3, 0.4) is 0 Å². The molecule has 1 unspecified atom stereocenters. The average molecular weight is 316 g/mol. The minimum Gasteiger partial charge on any atom is -0.369 e. The van der Waals surface area contributed by atoms with E-state index in [9.17, 15) is 4.79 Å². The van der Waals surface area contributed by atoms with Crippen LogP contribution in [0.25, 0.3) is 0 Å². The lowest BCUT2D eigenvalue weighted by Crippen LogP contribution is -2.48. The van der Waals surface area contributed by atoms with Crippen molar-refractivity contribution < 1.29 is 4.79 Å². The van der Waals surface area contributed by atoms with Crippen LogP contribution >= 0.6 is 0 Å². The van der Waals surface area contributed by atoms with Gasteiger partial charge in [0.15, 0.2) is 0 Å². The van der Waals surface area contributed by atoms with Gasteiger partial charge < -0.3 is 5.73 Å². The highest BCUT2D eigenvalue weighted by molar-refractivity contribution is 5.75. The molecule has 0 radical (unpaired) electrons. The van der Waals surface area contributed by atoms with Crippen LogP contribution in [0.2, 0.25) is 0 Å². The second-order valence-corrected chi connectivity index (χ2v) is 6.93. The summed E-state index contributed by atoms with van der Waals surface area (Å²) in [5.74, 6) is 0.529. The van der Waals surface area contributed by atoms with Crippen LogP contribution in [0.5, 0.6) is 0 Å². The molecule has 2 saturated heterocycles. The smallest absolute Gasteiger partial charge is 0.231 e. The van der Waals surface area contributed by atoms with E-state index in [1.165, 1.54) is 44.3 Å². The molecular formula is C18H28N4O. The van der Waals surface area contributed by atoms with Gasteiger partial charge in [-0.2, -0.15) is 0 Å². The summed E-state index contributed by atoms with van der Waals surface area (Å²) in [7, 11) is 0. The predicted molar refractivity (Wildman–Crippen MR) is 90.6 cm³/mol. The Morgan fingerprint density at radius 3 is 2.70 bits per heavy atom. The van der Waals surface area contributed by atoms with Gasteiger partial charge in [0, 0.05) is 18.8 Å². The first-order valence-electron chi connectivity index (χ1n) is 8.87. The quantitative estimate of drug-likeness (QED) is 0.897. The third-order valence-electron chi connectivity index (χ3n) is 5.31. The van der Waals surface area contributed by atoms with E-state index < -0.39 is 0 Å². The highest BCUT2D eigenvalue weighted by atomic mass is 16.1. The van der Waals surface area contributed by atoms with E-state index >= 15 is 0 Å². The molecule has 1 aromatic heterocycles. The van der Waals surface area contributed by atoms with Crippen LogP contribution in [0.1, 0.15) is 37.8 Å². The molecule has 2 fully saturated rings. The van der Waals surface area contributed by atoms with Crippen molar-refractivity contribution in [1.29, 1.82) is 0 Å². The van der Waals surface area contributed by atoms with E-state index in [1.54, 1.807) is 0 Å². The summed E-state index contributed by atoms with van der Waals surface area (Å²) in [6.07, 6.45) is 8.17. The lowest BCUT2D eigenvalue weighted by atomic mass is 9.83. The third-order valence-corrected chi connectivity index (χ3v) is 5.31. The Bertz CT molecular complexity index is 499. The van der Waals surface area contributed by atoms with Crippen LogP contribution in [0.15, 0.2) is 24.4 Å². The van der Waals surface area contributed by atoms with Crippen LogP contribution in [0, 0.1) is 5.92 Å². The Labute approximate surface area is 138 Å². The van der Waals surface area contributed by atoms with Gasteiger partial charge in [-0.05, 0) is 63.4 Å². The summed E-state index contributed by atoms with van der Waals surface area (Å²) < 4.78 is 0. The first-order chi connectivity index (χ1) is 11.2. The SMILES string of the molecule is NC(=O)CN1CCC(C2CCCCN2Cc2ccccn2)CC1. The molecule has 1 amide bonds. The van der Waals surface area contributed by atoms with Crippen molar-refractivity contribution >= 4 is 5.91 Å². The maximum absolute atomic E-state index is 11.1. The molecule has 3 rings (SSSR count). The Morgan fingerprint density at radius 2 is 2.00 bits per heavy atom. The fourth-order valence-corrected chi connectivity index (χ4v) is 4.16. The summed E-state index contributed by atoms with van der Waals surface area (Å²) >= 11 is 0. The first-order valence-corrected chi connectivity index (χ1v) is 8.87. The Kier molecular flexibility index (Phi) is 5.62. The van der Waals surface area contributed by atoms with Gasteiger partial charge >= 0.3 is 0 Å². The third kappa shape index (κ3) is 4.52. The van der Waals surface area contributed by atoms with Gasteiger partial charge in [-0.3, -0.25) is 19.6 Å². The van der Waals surface area contributed by atoms with Gasteiger partial charge in [0.1, 0.15) is 0 Å². The number of carbonyl (C=O) groups excluding carboxylic acids is 1. The molecule has 126 valence electrons. The number of likely N-dealkylation sites (tertiary alicyclic amines) is 2. The maximum Gasteiger partial charge on any atom is 0.231 e. The zero-order chi connectivity index (χ0) is 16.1. The average Bonchev–Trinajstić information content (AvgIpc) is 2.57. The lowest BCUT2D eigenvalue weighted by Gasteiger charge is -2.43. The van der Waals surface area contributed by atoms with E-state index in [4.69, 9.17) is 5.73 Å². The molecular weight excluding hydrogens is 288 g/mol. The minimum absolute atomic E-state index is 0.210. The fraction of sp³-hybridized carbons (Fsp3) is 0.667. The number of primary amides is 1. The molecule has 23 heavy (non-hydrogen) atoms. The molecule has 0 aliphatic carbocycles. The van der Waals surface area contributed by atoms with Crippen LogP contribution < -0.4 is 5.73 Å². The van der Waals surface area contributed by atoms with Crippen LogP contribution in [-0.4, -0.2) is 52.9 Å². The molecule has 0 saturated carbocycles. The first kappa shape index (κ1) is 16.4. The predicted octanol–water partition coefficient (Wildman–Crippen LogP) is 1.63. The van der Waals surface area contributed by atoms with Crippen LogP contribution in [0.4, 0.5) is 0 Å². The lowest BCUT2D eigenvalue weighted by molar-refractivity contribution is -0.119. The Balaban J connectivity index is 1.58. The van der Waals surface area contributed by atoms with Crippen molar-refractivity contribution in [3.05, 3.63) is 30.1 Å². The van der Waals surface area contributed by atoms with E-state index in [1.807, 2.05) is 12.3 Å². The molecule has 2 aliphatic rings. The van der Waals surface area contributed by atoms with Crippen LogP contribution in [-0.2, 0) is 11.3 Å². The molecule has 1 atom stereocenters. The molecule has 0 spiro atoms. The second kappa shape index (κ2) is 7.88. The van der Waals surface area contributed by atoms with Gasteiger partial charge in [-0.1, -0.05) is 12.5 Å². The Morgan fingerprint density at radius 1 is 1.17 bits per heavy atom. The van der Waals surface area contributed by atoms with E-state index in [0.717, 1.165) is 25.6 Å². The van der Waals surface area contributed by atoms with Crippen molar-refractivity contribution in [2.45, 2.75) is 44.7 Å². The summed E-state index contributed by atoms with van der Waals surface area (Å²) in [6, 6.07) is 6.85. The monoisotopic (exact) mass is 316 g/mol. The Hall–Kier alpha value is -1.46. The maximum atomic E-state index is 11.1. The summed E-state index contributed by atoms with van der Waals surface area (Å²) in [4.78, 5) is 20.4. The van der Waals surface area contributed by atoms with Gasteiger partial charge in [0.25, 0.3) is 0 Å². The molecule has 2 N–H and O–H groups in total. The zero-order valence-corrected chi connectivity index (χ0v) is 13.9. The number of hydrogen-bond acceptors (Lipinski definition) is 4. The number of rotatable bonds is 5.